The Labute approximate surface area is 261 Å². The van der Waals surface area contributed by atoms with Gasteiger partial charge in [-0.1, -0.05) is 78.9 Å². The number of nitrogens with two attached hydrogens (primary N) is 1. The molecule has 0 saturated carbocycles. The first-order valence-corrected chi connectivity index (χ1v) is 15.4. The smallest absolute Gasteiger partial charge is 0.246 e. The molecule has 0 aromatic heterocycles. The average Bonchev–Trinajstić information content (AvgIpc) is 3.01. The molecule has 8 nitrogen and oxygen atoms in total. The molecular weight excluding hydrogens is 552 g/mol. The number of rotatable bonds is 11. The maximum Gasteiger partial charge on any atom is 0.246 e. The third-order valence-electron chi connectivity index (χ3n) is 8.40. The van der Waals surface area contributed by atoms with E-state index in [0.717, 1.165) is 21.9 Å². The molecule has 3 aromatic carbocycles. The van der Waals surface area contributed by atoms with Crippen LogP contribution in [0.3, 0.4) is 0 Å². The van der Waals surface area contributed by atoms with E-state index in [2.05, 4.69) is 0 Å². The van der Waals surface area contributed by atoms with Gasteiger partial charge in [-0.3, -0.25) is 14.4 Å². The van der Waals surface area contributed by atoms with Crippen LogP contribution in [0.2, 0.25) is 0 Å². The zero-order chi connectivity index (χ0) is 31.9. The average molecular weight is 599 g/mol. The fourth-order valence-corrected chi connectivity index (χ4v) is 5.63. The molecule has 234 valence electrons. The molecule has 1 saturated heterocycles. The van der Waals surface area contributed by atoms with Crippen molar-refractivity contribution < 1.29 is 19.5 Å². The Kier molecular flexibility index (Phi) is 10.9. The highest BCUT2D eigenvalue weighted by Gasteiger charge is 2.37. The van der Waals surface area contributed by atoms with Crippen LogP contribution >= 0.6 is 0 Å². The Morgan fingerprint density at radius 1 is 0.886 bits per heavy atom. The molecule has 3 amide bonds. The largest absolute Gasteiger partial charge is 0.393 e. The van der Waals surface area contributed by atoms with Crippen LogP contribution in [0.4, 0.5) is 0 Å². The van der Waals surface area contributed by atoms with Crippen LogP contribution in [-0.4, -0.2) is 88.4 Å². The second-order valence-electron chi connectivity index (χ2n) is 12.7. The van der Waals surface area contributed by atoms with Crippen molar-refractivity contribution in [3.63, 3.8) is 0 Å². The van der Waals surface area contributed by atoms with Crippen LogP contribution in [-0.2, 0) is 27.2 Å². The molecule has 1 aliphatic rings. The van der Waals surface area contributed by atoms with Crippen molar-refractivity contribution in [3.05, 3.63) is 96.1 Å². The van der Waals surface area contributed by atoms with Crippen molar-refractivity contribution in [1.82, 2.24) is 14.7 Å². The predicted octanol–water partition coefficient (Wildman–Crippen LogP) is 3.95. The van der Waals surface area contributed by atoms with Gasteiger partial charge in [0.1, 0.15) is 12.1 Å². The number of likely N-dealkylation sites (N-methyl/N-ethyl adjacent to an activating group) is 2. The molecule has 8 heteroatoms. The molecule has 1 fully saturated rings. The first-order chi connectivity index (χ1) is 20.9. The van der Waals surface area contributed by atoms with Gasteiger partial charge in [-0.05, 0) is 61.1 Å². The van der Waals surface area contributed by atoms with Gasteiger partial charge in [-0.25, -0.2) is 0 Å². The molecule has 0 unspecified atom stereocenters. The van der Waals surface area contributed by atoms with Gasteiger partial charge in [0.25, 0.3) is 0 Å². The van der Waals surface area contributed by atoms with Crippen molar-refractivity contribution in [2.45, 2.75) is 69.7 Å². The van der Waals surface area contributed by atoms with E-state index in [0.29, 0.717) is 38.8 Å². The monoisotopic (exact) mass is 598 g/mol. The first kappa shape index (κ1) is 32.9. The van der Waals surface area contributed by atoms with Crippen LogP contribution < -0.4 is 5.73 Å². The fraction of sp³-hybridized carbons (Fsp3) is 0.417. The summed E-state index contributed by atoms with van der Waals surface area (Å²) in [6.45, 7) is 4.65. The third kappa shape index (κ3) is 8.77. The highest BCUT2D eigenvalue weighted by atomic mass is 16.3. The lowest BCUT2D eigenvalue weighted by molar-refractivity contribution is -0.150. The SMILES string of the molecule is CN(C(=O)/C=C/CC(C)(C)N)[C@H](Cc1ccc2ccccc2c1)C(=O)N(C)[C@H](Cc1ccccc1)C(=O)N1CCC(O)CC1. The number of hydrogen-bond acceptors (Lipinski definition) is 5. The fourth-order valence-electron chi connectivity index (χ4n) is 5.63. The molecule has 3 N–H and O–H groups in total. The summed E-state index contributed by atoms with van der Waals surface area (Å²) in [5.41, 5.74) is 7.48. The van der Waals surface area contributed by atoms with Gasteiger partial charge < -0.3 is 25.5 Å². The summed E-state index contributed by atoms with van der Waals surface area (Å²) in [6.07, 6.45) is 4.95. The van der Waals surface area contributed by atoms with E-state index in [-0.39, 0.29) is 24.1 Å². The number of aliphatic hydroxyl groups is 1. The van der Waals surface area contributed by atoms with E-state index in [1.54, 1.807) is 25.1 Å². The number of piperidine rings is 1. The number of nitrogens with zero attached hydrogens (tertiary/aromatic N) is 3. The normalized spacial score (nSPS) is 15.7. The van der Waals surface area contributed by atoms with Gasteiger partial charge in [0.05, 0.1) is 6.10 Å². The lowest BCUT2D eigenvalue weighted by Gasteiger charge is -2.38. The summed E-state index contributed by atoms with van der Waals surface area (Å²) in [4.78, 5) is 46.5. The molecule has 0 radical (unpaired) electrons. The number of hydrogen-bond donors (Lipinski definition) is 2. The minimum Gasteiger partial charge on any atom is -0.393 e. The molecule has 0 spiro atoms. The topological polar surface area (TPSA) is 107 Å². The quantitative estimate of drug-likeness (QED) is 0.325. The number of amides is 3. The molecule has 44 heavy (non-hydrogen) atoms. The summed E-state index contributed by atoms with van der Waals surface area (Å²) in [5.74, 6) is -0.772. The molecule has 1 heterocycles. The summed E-state index contributed by atoms with van der Waals surface area (Å²) in [6, 6.07) is 22.1. The minimum absolute atomic E-state index is 0.153. The number of fused-ring (bicyclic) bond motifs is 1. The molecule has 4 rings (SSSR count). The molecular formula is C36H46N4O4. The van der Waals surface area contributed by atoms with Crippen molar-refractivity contribution in [3.8, 4) is 0 Å². The van der Waals surface area contributed by atoms with E-state index >= 15 is 0 Å². The first-order valence-electron chi connectivity index (χ1n) is 15.4. The van der Waals surface area contributed by atoms with E-state index in [4.69, 9.17) is 5.73 Å². The van der Waals surface area contributed by atoms with Gasteiger partial charge in [0.2, 0.25) is 17.7 Å². The second-order valence-corrected chi connectivity index (χ2v) is 12.7. The highest BCUT2D eigenvalue weighted by molar-refractivity contribution is 5.95. The lowest BCUT2D eigenvalue weighted by Crippen LogP contribution is -2.57. The van der Waals surface area contributed by atoms with Gasteiger partial charge in [-0.15, -0.1) is 0 Å². The maximum absolute atomic E-state index is 14.4. The Balaban J connectivity index is 1.65. The standard InChI is InChI=1S/C36H46N4O4/c1-36(2,37)20-10-15-33(42)38(3)31(25-27-16-17-28-13-8-9-14-29(28)23-27)34(43)39(4)32(24-26-11-6-5-7-12-26)35(44)40-21-18-30(41)19-22-40/h5-17,23,30-32,41H,18-22,24-25,37H2,1-4H3/b15-10+/t31-,32-/m1/s1. The van der Waals surface area contributed by atoms with E-state index in [1.807, 2.05) is 86.6 Å². The van der Waals surface area contributed by atoms with Crippen LogP contribution in [0.1, 0.15) is 44.2 Å². The van der Waals surface area contributed by atoms with Crippen LogP contribution in [0.25, 0.3) is 10.8 Å². The predicted molar refractivity (Wildman–Crippen MR) is 175 cm³/mol. The third-order valence-corrected chi connectivity index (χ3v) is 8.40. The Hall–Kier alpha value is -4.01. The van der Waals surface area contributed by atoms with Gasteiger partial charge in [0.15, 0.2) is 0 Å². The van der Waals surface area contributed by atoms with E-state index in [9.17, 15) is 19.5 Å². The summed E-state index contributed by atoms with van der Waals surface area (Å²) in [7, 11) is 3.29. The van der Waals surface area contributed by atoms with Gasteiger partial charge in [-0.2, -0.15) is 0 Å². The van der Waals surface area contributed by atoms with Crippen LogP contribution in [0.15, 0.2) is 84.9 Å². The van der Waals surface area contributed by atoms with Crippen molar-refractivity contribution >= 4 is 28.5 Å². The molecule has 1 aliphatic heterocycles. The molecule has 3 aromatic rings. The van der Waals surface area contributed by atoms with Crippen LogP contribution in [0, 0.1) is 0 Å². The summed E-state index contributed by atoms with van der Waals surface area (Å²) >= 11 is 0. The van der Waals surface area contributed by atoms with Gasteiger partial charge >= 0.3 is 0 Å². The lowest BCUT2D eigenvalue weighted by atomic mass is 9.97. The van der Waals surface area contributed by atoms with Crippen LogP contribution in [0.5, 0.6) is 0 Å². The Morgan fingerprint density at radius 2 is 1.50 bits per heavy atom. The Bertz CT molecular complexity index is 1460. The highest BCUT2D eigenvalue weighted by Crippen LogP contribution is 2.22. The zero-order valence-corrected chi connectivity index (χ0v) is 26.4. The molecule has 0 bridgehead atoms. The van der Waals surface area contributed by atoms with Crippen molar-refractivity contribution in [2.75, 3.05) is 27.2 Å². The van der Waals surface area contributed by atoms with Gasteiger partial charge in [0, 0.05) is 45.6 Å². The molecule has 2 atom stereocenters. The summed E-state index contributed by atoms with van der Waals surface area (Å²) in [5, 5.41) is 12.2. The maximum atomic E-state index is 14.4. The number of aliphatic hydroxyl groups excluding tert-OH is 1. The van der Waals surface area contributed by atoms with E-state index in [1.165, 1.54) is 15.9 Å². The van der Waals surface area contributed by atoms with E-state index < -0.39 is 23.7 Å². The van der Waals surface area contributed by atoms with Crippen molar-refractivity contribution in [2.24, 2.45) is 5.73 Å². The number of likely N-dealkylation sites (tertiary alicyclic amines) is 1. The number of carbonyl (C=O) groups excluding carboxylic acids is 3. The number of carbonyl (C=O) groups is 3. The Morgan fingerprint density at radius 3 is 2.16 bits per heavy atom. The summed E-state index contributed by atoms with van der Waals surface area (Å²) < 4.78 is 0. The number of benzene rings is 3. The molecule has 0 aliphatic carbocycles. The van der Waals surface area contributed by atoms with Crippen molar-refractivity contribution in [1.29, 1.82) is 0 Å². The zero-order valence-electron chi connectivity index (χ0n) is 26.4. The second kappa shape index (κ2) is 14.6. The minimum atomic E-state index is -0.849.